The normalized spacial score (nSPS) is 14.2. The van der Waals surface area contributed by atoms with Gasteiger partial charge in [-0.1, -0.05) is 65.5 Å². The summed E-state index contributed by atoms with van der Waals surface area (Å²) < 4.78 is 5.07. The van der Waals surface area contributed by atoms with Gasteiger partial charge in [0.25, 0.3) is 0 Å². The van der Waals surface area contributed by atoms with Crippen molar-refractivity contribution in [1.82, 2.24) is 0 Å². The van der Waals surface area contributed by atoms with Crippen molar-refractivity contribution < 1.29 is 9.53 Å². The van der Waals surface area contributed by atoms with Gasteiger partial charge in [-0.2, -0.15) is 0 Å². The van der Waals surface area contributed by atoms with Crippen molar-refractivity contribution in [2.24, 2.45) is 0 Å². The summed E-state index contributed by atoms with van der Waals surface area (Å²) in [7, 11) is -2.97. The van der Waals surface area contributed by atoms with Gasteiger partial charge in [0.15, 0.2) is 0 Å². The zero-order valence-electron chi connectivity index (χ0n) is 14.5. The lowest BCUT2D eigenvalue weighted by Crippen LogP contribution is -2.84. The first kappa shape index (κ1) is 19.1. The van der Waals surface area contributed by atoms with Gasteiger partial charge in [-0.05, 0) is 0 Å². The number of esters is 1. The van der Waals surface area contributed by atoms with Gasteiger partial charge in [-0.25, -0.2) is 4.79 Å². The van der Waals surface area contributed by atoms with Crippen LogP contribution in [-0.2, 0) is 9.53 Å². The largest absolute Gasteiger partial charge is 0.466 e. The predicted molar refractivity (Wildman–Crippen MR) is 96.9 cm³/mol. The molecule has 0 spiro atoms. The Morgan fingerprint density at radius 2 is 1.05 bits per heavy atom. The maximum absolute atomic E-state index is 12.3. The summed E-state index contributed by atoms with van der Waals surface area (Å²) >= 11 is 0. The zero-order valence-corrected chi connectivity index (χ0v) is 18.5. The zero-order chi connectivity index (χ0) is 15.9. The van der Waals surface area contributed by atoms with Gasteiger partial charge in [-0.3, -0.25) is 0 Å². The summed E-state index contributed by atoms with van der Waals surface area (Å²) in [4.78, 5) is 12.3. The molecule has 0 rings (SSSR count). The molecule has 0 aliphatic rings. The van der Waals surface area contributed by atoms with Crippen molar-refractivity contribution in [2.45, 2.75) is 58.9 Å². The number of rotatable bonds is 5. The Bertz CT molecular complexity index is 334. The van der Waals surface area contributed by atoms with Crippen molar-refractivity contribution in [2.75, 3.05) is 7.11 Å². The number of hydrogen-bond acceptors (Lipinski definition) is 2. The fourth-order valence-electron chi connectivity index (χ4n) is 5.01. The third-order valence-corrected chi connectivity index (χ3v) is 75.6. The summed E-state index contributed by atoms with van der Waals surface area (Å²) in [5.41, 5.74) is 0. The van der Waals surface area contributed by atoms with Crippen LogP contribution in [0.4, 0.5) is 0 Å². The Morgan fingerprint density at radius 3 is 1.21 bits per heavy atom. The van der Waals surface area contributed by atoms with Crippen LogP contribution in [0, 0.1) is 0 Å². The van der Waals surface area contributed by atoms with Gasteiger partial charge in [0.1, 0.15) is 0 Å². The number of carbonyl (C=O) groups excluding carboxylic acids is 1. The minimum atomic E-state index is -1.84. The van der Waals surface area contributed by atoms with Crippen LogP contribution in [0.2, 0.25) is 58.9 Å². The second-order valence-corrected chi connectivity index (χ2v) is 48.8. The molecule has 0 aromatic rings. The van der Waals surface area contributed by atoms with E-state index in [4.69, 9.17) is 4.74 Å². The monoisotopic (exact) mass is 332 g/mol. The maximum Gasteiger partial charge on any atom is 0.328 e. The number of methoxy groups -OCH3 is 1. The molecular formula is C13H32O2Si4. The third-order valence-electron chi connectivity index (χ3n) is 4.26. The average molecular weight is 333 g/mol. The predicted octanol–water partition coefficient (Wildman–Crippen LogP) is 3.95. The number of ether oxygens (including phenoxy) is 1. The first-order valence-electron chi connectivity index (χ1n) is 6.92. The van der Waals surface area contributed by atoms with Crippen LogP contribution in [0.3, 0.4) is 0 Å². The Labute approximate surface area is 123 Å². The van der Waals surface area contributed by atoms with Gasteiger partial charge in [0, 0.05) is 28.0 Å². The summed E-state index contributed by atoms with van der Waals surface area (Å²) in [6.45, 7) is 24.5. The van der Waals surface area contributed by atoms with Gasteiger partial charge < -0.3 is 4.74 Å². The second-order valence-electron chi connectivity index (χ2n) is 8.47. The van der Waals surface area contributed by atoms with Gasteiger partial charge in [0.2, 0.25) is 0 Å². The van der Waals surface area contributed by atoms with Crippen LogP contribution in [0.1, 0.15) is 0 Å². The van der Waals surface area contributed by atoms with Crippen molar-refractivity contribution in [1.29, 1.82) is 0 Å². The standard InChI is InChI=1S/C13H32O2Si4/c1-12(13(14)15-2)19(16(3,4)5,17(6,7)8)18(9,10)11/h1H2,2-11H3. The molecule has 19 heavy (non-hydrogen) atoms. The highest BCUT2D eigenvalue weighted by molar-refractivity contribution is 7.91. The van der Waals surface area contributed by atoms with E-state index >= 15 is 0 Å². The lowest BCUT2D eigenvalue weighted by Gasteiger charge is -2.57. The molecule has 0 aromatic carbocycles. The number of hydrogen-bond donors (Lipinski definition) is 0. The van der Waals surface area contributed by atoms with Crippen LogP contribution in [0.15, 0.2) is 11.8 Å². The van der Waals surface area contributed by atoms with Gasteiger partial charge in [0.05, 0.1) is 13.7 Å². The van der Waals surface area contributed by atoms with E-state index in [0.717, 1.165) is 5.20 Å². The van der Waals surface area contributed by atoms with E-state index in [1.54, 1.807) is 0 Å². The summed E-state index contributed by atoms with van der Waals surface area (Å²) in [5, 5.41) is 0.896. The minimum absolute atomic E-state index is 0.140. The molecule has 0 aliphatic heterocycles. The van der Waals surface area contributed by atoms with Crippen molar-refractivity contribution in [3.8, 4) is 0 Å². The molecule has 0 saturated heterocycles. The first-order valence-corrected chi connectivity index (χ1v) is 22.4. The molecule has 112 valence electrons. The maximum atomic E-state index is 12.3. The molecule has 0 radical (unpaired) electrons. The Morgan fingerprint density at radius 1 is 0.789 bits per heavy atom. The third kappa shape index (κ3) is 3.06. The fourth-order valence-corrected chi connectivity index (χ4v) is 105. The average Bonchev–Trinajstić information content (AvgIpc) is 2.09. The highest BCUT2D eigenvalue weighted by Crippen LogP contribution is 2.41. The lowest BCUT2D eigenvalue weighted by molar-refractivity contribution is -0.135. The van der Waals surface area contributed by atoms with Crippen LogP contribution in [0.5, 0.6) is 0 Å². The summed E-state index contributed by atoms with van der Waals surface area (Å²) in [5.74, 6) is -0.140. The minimum Gasteiger partial charge on any atom is -0.466 e. The van der Waals surface area contributed by atoms with Crippen LogP contribution in [0.25, 0.3) is 0 Å². The lowest BCUT2D eigenvalue weighted by atomic mass is 10.6. The van der Waals surface area contributed by atoms with E-state index < -0.39 is 29.4 Å². The molecule has 0 fully saturated rings. The molecule has 0 aromatic heterocycles. The van der Waals surface area contributed by atoms with Crippen LogP contribution >= 0.6 is 0 Å². The van der Waals surface area contributed by atoms with E-state index in [0.29, 0.717) is 0 Å². The van der Waals surface area contributed by atoms with E-state index in [-0.39, 0.29) is 5.97 Å². The molecule has 0 unspecified atom stereocenters. The van der Waals surface area contributed by atoms with Gasteiger partial charge in [-0.15, -0.1) is 0 Å². The second kappa shape index (κ2) is 5.46. The SMILES string of the molecule is C=C(C(=O)OC)[Si]([Si](C)(C)C)([Si](C)(C)C)[Si](C)(C)C. The topological polar surface area (TPSA) is 26.3 Å². The van der Waals surface area contributed by atoms with Crippen LogP contribution in [-0.4, -0.2) is 42.5 Å². The molecule has 0 amide bonds. The fraction of sp³-hybridized carbons (Fsp3) is 0.769. The molecule has 0 heterocycles. The first-order chi connectivity index (χ1) is 8.14. The Kier molecular flexibility index (Phi) is 5.48. The molecule has 0 N–H and O–H groups in total. The van der Waals surface area contributed by atoms with E-state index in [2.05, 4.69) is 65.5 Å². The molecule has 0 bridgehead atoms. The van der Waals surface area contributed by atoms with E-state index in [1.807, 2.05) is 0 Å². The quantitative estimate of drug-likeness (QED) is 0.433. The summed E-state index contributed by atoms with van der Waals surface area (Å²) in [6, 6.07) is 0. The van der Waals surface area contributed by atoms with Crippen molar-refractivity contribution >= 4 is 35.4 Å². The molecule has 0 saturated carbocycles. The van der Waals surface area contributed by atoms with Crippen molar-refractivity contribution in [3.05, 3.63) is 11.8 Å². The molecule has 0 atom stereocenters. The van der Waals surface area contributed by atoms with E-state index in [9.17, 15) is 4.79 Å². The smallest absolute Gasteiger partial charge is 0.328 e. The van der Waals surface area contributed by atoms with Crippen molar-refractivity contribution in [3.63, 3.8) is 0 Å². The molecule has 6 heteroatoms. The molecule has 0 aliphatic carbocycles. The molecular weight excluding hydrogens is 300 g/mol. The molecule has 2 nitrogen and oxygen atoms in total. The Hall–Kier alpha value is 0.0775. The van der Waals surface area contributed by atoms with E-state index in [1.165, 1.54) is 7.11 Å². The summed E-state index contributed by atoms with van der Waals surface area (Å²) in [6.07, 6.45) is 0. The Balaban J connectivity index is 6.45. The number of carbonyl (C=O) groups is 1. The van der Waals surface area contributed by atoms with Crippen LogP contribution < -0.4 is 0 Å². The highest BCUT2D eigenvalue weighted by Gasteiger charge is 2.64. The highest BCUT2D eigenvalue weighted by atomic mass is 29.9. The van der Waals surface area contributed by atoms with Gasteiger partial charge >= 0.3 is 5.97 Å².